The number of hydrogen-bond acceptors (Lipinski definition) is 3. The normalized spacial score (nSPS) is 16.9. The van der Waals surface area contributed by atoms with Gasteiger partial charge in [0.2, 0.25) is 10.0 Å². The van der Waals surface area contributed by atoms with Gasteiger partial charge in [0.25, 0.3) is 0 Å². The van der Waals surface area contributed by atoms with Crippen molar-refractivity contribution in [2.45, 2.75) is 16.3 Å². The molecule has 1 fully saturated rings. The van der Waals surface area contributed by atoms with Crippen molar-refractivity contribution in [3.8, 4) is 0 Å². The Bertz CT molecular complexity index is 800. The molecule has 0 aliphatic carbocycles. The van der Waals surface area contributed by atoms with Gasteiger partial charge in [-0.1, -0.05) is 12.1 Å². The van der Waals surface area contributed by atoms with Gasteiger partial charge in [-0.3, -0.25) is 0 Å². The molecule has 2 aromatic rings. The highest BCUT2D eigenvalue weighted by Crippen LogP contribution is 2.17. The molecule has 0 atom stereocenters. The van der Waals surface area contributed by atoms with Gasteiger partial charge < -0.3 is 4.90 Å². The first-order chi connectivity index (χ1) is 12.0. The number of benzene rings is 2. The fourth-order valence-corrected chi connectivity index (χ4v) is 4.86. The van der Waals surface area contributed by atoms with Crippen LogP contribution in [0.25, 0.3) is 0 Å². The number of piperazine rings is 1. The summed E-state index contributed by atoms with van der Waals surface area (Å²) in [6.07, 6.45) is 2.06. The number of nitrogens with zero attached hydrogens (tertiary/aromatic N) is 1. The summed E-state index contributed by atoms with van der Waals surface area (Å²) in [6.45, 7) is 3.41. The Morgan fingerprint density at radius 2 is 1.64 bits per heavy atom. The van der Waals surface area contributed by atoms with Crippen molar-refractivity contribution in [1.82, 2.24) is 4.31 Å². The highest BCUT2D eigenvalue weighted by Gasteiger charge is 2.30. The van der Waals surface area contributed by atoms with E-state index >= 15 is 0 Å². The van der Waals surface area contributed by atoms with E-state index in [1.165, 1.54) is 43.9 Å². The number of hydrogen-bond donors (Lipinski definition) is 1. The largest absolute Gasteiger partial charge is 0.329 e. The summed E-state index contributed by atoms with van der Waals surface area (Å²) in [6, 6.07) is 13.6. The first kappa shape index (κ1) is 18.4. The summed E-state index contributed by atoms with van der Waals surface area (Å²) >= 11 is 1.72. The van der Waals surface area contributed by atoms with E-state index in [1.807, 2.05) is 0 Å². The minimum Gasteiger partial charge on any atom is -0.329 e. The Hall–Kier alpha value is -1.41. The fraction of sp³-hybridized carbons (Fsp3) is 0.333. The standard InChI is InChI=1S/C18H21FN2O2S2/c1-24-17-6-2-15(3-7-17)14-20-10-12-21(13-11-20)25(22,23)18-8-4-16(19)5-9-18/h2-9H,10-14H2,1H3/p+1. The van der Waals surface area contributed by atoms with Crippen LogP contribution in [-0.2, 0) is 16.6 Å². The molecule has 1 heterocycles. The molecule has 0 aromatic heterocycles. The maximum atomic E-state index is 13.0. The topological polar surface area (TPSA) is 41.8 Å². The minimum atomic E-state index is -3.53. The van der Waals surface area contributed by atoms with Crippen LogP contribution in [0.5, 0.6) is 0 Å². The van der Waals surface area contributed by atoms with Crippen molar-refractivity contribution < 1.29 is 17.7 Å². The average molecular weight is 382 g/mol. The molecular formula is C18H22FN2O2S2+. The van der Waals surface area contributed by atoms with Crippen LogP contribution in [0.4, 0.5) is 4.39 Å². The maximum Gasteiger partial charge on any atom is 0.243 e. The summed E-state index contributed by atoms with van der Waals surface area (Å²) in [5.74, 6) is -0.430. The van der Waals surface area contributed by atoms with Gasteiger partial charge in [-0.25, -0.2) is 12.8 Å². The first-order valence-corrected chi connectivity index (χ1v) is 10.9. The molecule has 0 radical (unpaired) electrons. The summed E-state index contributed by atoms with van der Waals surface area (Å²) < 4.78 is 39.8. The van der Waals surface area contributed by atoms with E-state index in [9.17, 15) is 12.8 Å². The van der Waals surface area contributed by atoms with Crippen molar-refractivity contribution in [3.63, 3.8) is 0 Å². The molecule has 1 saturated heterocycles. The van der Waals surface area contributed by atoms with Crippen LogP contribution < -0.4 is 4.90 Å². The van der Waals surface area contributed by atoms with Gasteiger partial charge in [0.1, 0.15) is 12.4 Å². The number of rotatable bonds is 5. The van der Waals surface area contributed by atoms with Crippen LogP contribution in [0.15, 0.2) is 58.3 Å². The Kier molecular flexibility index (Phi) is 5.78. The molecule has 0 amide bonds. The molecular weight excluding hydrogens is 359 g/mol. The second kappa shape index (κ2) is 7.86. The number of thioether (sulfide) groups is 1. The van der Waals surface area contributed by atoms with Crippen molar-refractivity contribution in [2.24, 2.45) is 0 Å². The maximum absolute atomic E-state index is 13.0. The highest BCUT2D eigenvalue weighted by atomic mass is 32.2. The van der Waals surface area contributed by atoms with E-state index < -0.39 is 15.8 Å². The number of quaternary nitrogens is 1. The van der Waals surface area contributed by atoms with E-state index in [1.54, 1.807) is 11.8 Å². The van der Waals surface area contributed by atoms with Crippen LogP contribution in [0, 0.1) is 5.82 Å². The molecule has 1 aliphatic rings. The van der Waals surface area contributed by atoms with Crippen LogP contribution in [0.1, 0.15) is 5.56 Å². The van der Waals surface area contributed by atoms with Crippen LogP contribution >= 0.6 is 11.8 Å². The Labute approximate surface area is 152 Å². The second-order valence-electron chi connectivity index (χ2n) is 6.13. The molecule has 25 heavy (non-hydrogen) atoms. The third-order valence-corrected chi connectivity index (χ3v) is 7.15. The van der Waals surface area contributed by atoms with Crippen molar-refractivity contribution in [3.05, 3.63) is 59.9 Å². The van der Waals surface area contributed by atoms with Crippen LogP contribution in [-0.4, -0.2) is 45.2 Å². The summed E-state index contributed by atoms with van der Waals surface area (Å²) in [4.78, 5) is 2.78. The summed E-state index contributed by atoms with van der Waals surface area (Å²) in [5, 5.41) is 0. The van der Waals surface area contributed by atoms with E-state index in [4.69, 9.17) is 0 Å². The molecule has 0 saturated carbocycles. The van der Waals surface area contributed by atoms with Crippen LogP contribution in [0.3, 0.4) is 0 Å². The molecule has 0 bridgehead atoms. The quantitative estimate of drug-likeness (QED) is 0.801. The van der Waals surface area contributed by atoms with Gasteiger partial charge in [-0.05, 0) is 42.7 Å². The average Bonchev–Trinajstić information content (AvgIpc) is 2.63. The molecule has 1 aliphatic heterocycles. The zero-order chi connectivity index (χ0) is 17.9. The molecule has 1 N–H and O–H groups in total. The van der Waals surface area contributed by atoms with E-state index in [0.717, 1.165) is 19.6 Å². The van der Waals surface area contributed by atoms with Gasteiger partial charge in [0.05, 0.1) is 31.1 Å². The Balaban J connectivity index is 1.60. The molecule has 7 heteroatoms. The smallest absolute Gasteiger partial charge is 0.243 e. The molecule has 2 aromatic carbocycles. The molecule has 3 rings (SSSR count). The minimum absolute atomic E-state index is 0.157. The number of halogens is 1. The zero-order valence-electron chi connectivity index (χ0n) is 14.1. The predicted molar refractivity (Wildman–Crippen MR) is 97.8 cm³/mol. The lowest BCUT2D eigenvalue weighted by Gasteiger charge is -2.31. The number of sulfonamides is 1. The molecule has 0 unspecified atom stereocenters. The van der Waals surface area contributed by atoms with E-state index in [0.29, 0.717) is 13.1 Å². The third-order valence-electron chi connectivity index (χ3n) is 4.49. The van der Waals surface area contributed by atoms with Gasteiger partial charge >= 0.3 is 0 Å². The summed E-state index contributed by atoms with van der Waals surface area (Å²) in [7, 11) is -3.53. The monoisotopic (exact) mass is 381 g/mol. The summed E-state index contributed by atoms with van der Waals surface area (Å²) in [5.41, 5.74) is 1.27. The molecule has 134 valence electrons. The van der Waals surface area contributed by atoms with Crippen LogP contribution in [0.2, 0.25) is 0 Å². The lowest BCUT2D eigenvalue weighted by atomic mass is 10.2. The zero-order valence-corrected chi connectivity index (χ0v) is 15.7. The van der Waals surface area contributed by atoms with Crippen molar-refractivity contribution in [2.75, 3.05) is 32.4 Å². The Morgan fingerprint density at radius 1 is 1.04 bits per heavy atom. The molecule has 4 nitrogen and oxygen atoms in total. The SMILES string of the molecule is CSc1ccc(C[NH+]2CCN(S(=O)(=O)c3ccc(F)cc3)CC2)cc1. The van der Waals surface area contributed by atoms with Gasteiger partial charge in [-0.2, -0.15) is 4.31 Å². The lowest BCUT2D eigenvalue weighted by Crippen LogP contribution is -3.13. The predicted octanol–water partition coefficient (Wildman–Crippen LogP) is 1.64. The Morgan fingerprint density at radius 3 is 2.20 bits per heavy atom. The van der Waals surface area contributed by atoms with Gasteiger partial charge in [0, 0.05) is 10.5 Å². The van der Waals surface area contributed by atoms with E-state index in [2.05, 4.69) is 30.5 Å². The molecule has 0 spiro atoms. The van der Waals surface area contributed by atoms with Crippen molar-refractivity contribution >= 4 is 21.8 Å². The fourth-order valence-electron chi connectivity index (χ4n) is 3.01. The second-order valence-corrected chi connectivity index (χ2v) is 8.95. The van der Waals surface area contributed by atoms with E-state index in [-0.39, 0.29) is 4.90 Å². The third kappa shape index (κ3) is 4.41. The van der Waals surface area contributed by atoms with Gasteiger partial charge in [0.15, 0.2) is 0 Å². The van der Waals surface area contributed by atoms with Gasteiger partial charge in [-0.15, -0.1) is 11.8 Å². The highest BCUT2D eigenvalue weighted by molar-refractivity contribution is 7.98. The lowest BCUT2D eigenvalue weighted by molar-refractivity contribution is -0.917. The van der Waals surface area contributed by atoms with Crippen molar-refractivity contribution in [1.29, 1.82) is 0 Å². The first-order valence-electron chi connectivity index (χ1n) is 8.21. The number of nitrogens with one attached hydrogen (secondary N) is 1.